The second-order valence-electron chi connectivity index (χ2n) is 5.98. The number of rotatable bonds is 4. The molecule has 0 bridgehead atoms. The summed E-state index contributed by atoms with van der Waals surface area (Å²) in [4.78, 5) is 23.3. The molecule has 0 radical (unpaired) electrons. The summed E-state index contributed by atoms with van der Waals surface area (Å²) >= 11 is 0. The van der Waals surface area contributed by atoms with Gasteiger partial charge in [-0.2, -0.15) is 0 Å². The van der Waals surface area contributed by atoms with Crippen LogP contribution < -0.4 is 5.32 Å². The van der Waals surface area contributed by atoms with Crippen molar-refractivity contribution in [1.29, 1.82) is 0 Å². The van der Waals surface area contributed by atoms with Gasteiger partial charge < -0.3 is 15.2 Å². The van der Waals surface area contributed by atoms with Crippen molar-refractivity contribution in [2.24, 2.45) is 11.8 Å². The van der Waals surface area contributed by atoms with E-state index in [0.717, 1.165) is 0 Å². The van der Waals surface area contributed by atoms with Crippen molar-refractivity contribution in [3.05, 3.63) is 35.6 Å². The van der Waals surface area contributed by atoms with Gasteiger partial charge in [0.15, 0.2) is 0 Å². The van der Waals surface area contributed by atoms with E-state index >= 15 is 0 Å². The lowest BCUT2D eigenvalue weighted by molar-refractivity contribution is -0.140. The summed E-state index contributed by atoms with van der Waals surface area (Å²) < 4.78 is 18.9. The molecule has 1 heterocycles. The van der Waals surface area contributed by atoms with E-state index in [1.54, 1.807) is 12.1 Å². The van der Waals surface area contributed by atoms with Gasteiger partial charge in [0, 0.05) is 13.2 Å². The minimum Gasteiger partial charge on any atom is -0.481 e. The van der Waals surface area contributed by atoms with E-state index in [0.29, 0.717) is 38.0 Å². The third-order valence-electron chi connectivity index (χ3n) is 4.53. The maximum atomic E-state index is 13.5. The number of amides is 1. The summed E-state index contributed by atoms with van der Waals surface area (Å²) in [6.45, 7) is 0.952. The lowest BCUT2D eigenvalue weighted by Crippen LogP contribution is -2.50. The number of carbonyl (C=O) groups excluding carboxylic acids is 1. The fourth-order valence-electron chi connectivity index (χ4n) is 3.08. The van der Waals surface area contributed by atoms with Crippen LogP contribution in [0.4, 0.5) is 4.39 Å². The predicted octanol–water partition coefficient (Wildman–Crippen LogP) is 1.67. The lowest BCUT2D eigenvalue weighted by atomic mass is 9.82. The van der Waals surface area contributed by atoms with Crippen LogP contribution in [0.1, 0.15) is 24.8 Å². The van der Waals surface area contributed by atoms with Crippen LogP contribution in [-0.4, -0.2) is 30.2 Å². The Hall–Kier alpha value is -1.95. The number of carboxylic acid groups (broad SMARTS) is 1. The predicted molar refractivity (Wildman–Crippen MR) is 75.5 cm³/mol. The molecule has 1 saturated carbocycles. The number of ether oxygens (including phenoxy) is 1. The molecule has 1 aromatic rings. The van der Waals surface area contributed by atoms with E-state index in [2.05, 4.69) is 5.32 Å². The molecule has 1 aromatic carbocycles. The molecular weight excluding hydrogens is 289 g/mol. The maximum Gasteiger partial charge on any atom is 0.307 e. The highest BCUT2D eigenvalue weighted by Gasteiger charge is 2.50. The second-order valence-corrected chi connectivity index (χ2v) is 5.98. The summed E-state index contributed by atoms with van der Waals surface area (Å²) in [5.74, 6) is -2.63. The third-order valence-corrected chi connectivity index (χ3v) is 4.53. The van der Waals surface area contributed by atoms with Gasteiger partial charge in [0.05, 0.1) is 17.4 Å². The Bertz CT molecular complexity index is 598. The van der Waals surface area contributed by atoms with E-state index in [4.69, 9.17) is 9.84 Å². The van der Waals surface area contributed by atoms with Crippen LogP contribution >= 0.6 is 0 Å². The van der Waals surface area contributed by atoms with Crippen LogP contribution in [0.5, 0.6) is 0 Å². The fraction of sp³-hybridized carbons (Fsp3) is 0.500. The van der Waals surface area contributed by atoms with Gasteiger partial charge >= 0.3 is 5.97 Å². The topological polar surface area (TPSA) is 75.6 Å². The summed E-state index contributed by atoms with van der Waals surface area (Å²) in [5, 5.41) is 11.9. The normalized spacial score (nSPS) is 26.2. The lowest BCUT2D eigenvalue weighted by Gasteiger charge is -2.38. The molecule has 0 spiro atoms. The zero-order valence-corrected chi connectivity index (χ0v) is 12.0. The molecule has 2 N–H and O–H groups in total. The molecule has 2 atom stereocenters. The molecule has 5 nitrogen and oxygen atoms in total. The summed E-state index contributed by atoms with van der Waals surface area (Å²) in [6.07, 6.45) is 1.47. The van der Waals surface area contributed by atoms with E-state index < -0.39 is 23.3 Å². The Morgan fingerprint density at radius 3 is 2.59 bits per heavy atom. The Labute approximate surface area is 127 Å². The van der Waals surface area contributed by atoms with Gasteiger partial charge in [-0.15, -0.1) is 0 Å². The largest absolute Gasteiger partial charge is 0.481 e. The highest BCUT2D eigenvalue weighted by Crippen LogP contribution is 2.41. The third kappa shape index (κ3) is 2.83. The molecule has 0 unspecified atom stereocenters. The average molecular weight is 307 g/mol. The Balaban J connectivity index is 1.81. The summed E-state index contributed by atoms with van der Waals surface area (Å²) in [5.41, 5.74) is 0.0278. The number of halogens is 1. The number of aliphatic carboxylic acids is 1. The molecule has 1 amide bonds. The number of hydrogen-bond donors (Lipinski definition) is 2. The highest BCUT2D eigenvalue weighted by molar-refractivity contribution is 5.90. The van der Waals surface area contributed by atoms with Crippen LogP contribution in [-0.2, 0) is 19.9 Å². The van der Waals surface area contributed by atoms with E-state index in [9.17, 15) is 14.0 Å². The molecule has 118 valence electrons. The molecule has 22 heavy (non-hydrogen) atoms. The van der Waals surface area contributed by atoms with Gasteiger partial charge in [-0.1, -0.05) is 12.1 Å². The summed E-state index contributed by atoms with van der Waals surface area (Å²) in [6, 6.07) is 6.19. The van der Waals surface area contributed by atoms with Crippen molar-refractivity contribution in [1.82, 2.24) is 5.32 Å². The van der Waals surface area contributed by atoms with Crippen molar-refractivity contribution in [2.45, 2.75) is 24.8 Å². The van der Waals surface area contributed by atoms with Gasteiger partial charge in [-0.25, -0.2) is 4.39 Å². The standard InChI is InChI=1S/C16H18FNO4/c17-11-3-1-2-10(8-11)16(4-6-22-7-5-16)18-14(19)12-9-13(12)15(20)21/h1-3,8,12-13H,4-7,9H2,(H,18,19)(H,20,21)/t12-,13-/m0/s1. The van der Waals surface area contributed by atoms with Gasteiger partial charge in [-0.05, 0) is 37.0 Å². The van der Waals surface area contributed by atoms with E-state index in [1.807, 2.05) is 0 Å². The van der Waals surface area contributed by atoms with E-state index in [-0.39, 0.29) is 11.7 Å². The SMILES string of the molecule is O=C(O)[C@H]1C[C@@H]1C(=O)NC1(c2cccc(F)c2)CCOCC1. The highest BCUT2D eigenvalue weighted by atomic mass is 19.1. The zero-order chi connectivity index (χ0) is 15.7. The first-order valence-electron chi connectivity index (χ1n) is 7.40. The molecule has 2 aliphatic rings. The zero-order valence-electron chi connectivity index (χ0n) is 12.0. The Kier molecular flexibility index (Phi) is 3.87. The number of benzene rings is 1. The van der Waals surface area contributed by atoms with Crippen molar-refractivity contribution >= 4 is 11.9 Å². The van der Waals surface area contributed by atoms with Crippen LogP contribution in [0.25, 0.3) is 0 Å². The van der Waals surface area contributed by atoms with Gasteiger partial charge in [0.2, 0.25) is 5.91 Å². The smallest absolute Gasteiger partial charge is 0.307 e. The number of carboxylic acids is 1. The van der Waals surface area contributed by atoms with Crippen molar-refractivity contribution in [2.75, 3.05) is 13.2 Å². The first-order chi connectivity index (χ1) is 10.5. The van der Waals surface area contributed by atoms with Gasteiger partial charge in [-0.3, -0.25) is 9.59 Å². The molecule has 2 fully saturated rings. The van der Waals surface area contributed by atoms with Crippen molar-refractivity contribution in [3.8, 4) is 0 Å². The molecule has 1 saturated heterocycles. The average Bonchev–Trinajstić information content (AvgIpc) is 3.29. The first kappa shape index (κ1) is 15.0. The first-order valence-corrected chi connectivity index (χ1v) is 7.40. The molecule has 0 aromatic heterocycles. The minimum atomic E-state index is -0.938. The van der Waals surface area contributed by atoms with Crippen molar-refractivity contribution in [3.63, 3.8) is 0 Å². The summed E-state index contributed by atoms with van der Waals surface area (Å²) in [7, 11) is 0. The van der Waals surface area contributed by atoms with E-state index in [1.165, 1.54) is 12.1 Å². The quantitative estimate of drug-likeness (QED) is 0.887. The number of nitrogens with one attached hydrogen (secondary N) is 1. The minimum absolute atomic E-state index is 0.265. The van der Waals surface area contributed by atoms with Crippen LogP contribution in [0.2, 0.25) is 0 Å². The molecule has 1 aliphatic heterocycles. The monoisotopic (exact) mass is 307 g/mol. The molecule has 3 rings (SSSR count). The molecule has 6 heteroatoms. The maximum absolute atomic E-state index is 13.5. The fourth-order valence-corrected chi connectivity index (χ4v) is 3.08. The number of carbonyl (C=O) groups is 2. The van der Waals surface area contributed by atoms with Gasteiger partial charge in [0.25, 0.3) is 0 Å². The van der Waals surface area contributed by atoms with Crippen molar-refractivity contribution < 1.29 is 23.8 Å². The Morgan fingerprint density at radius 1 is 1.27 bits per heavy atom. The second kappa shape index (κ2) is 5.68. The van der Waals surface area contributed by atoms with Crippen LogP contribution in [0.15, 0.2) is 24.3 Å². The van der Waals surface area contributed by atoms with Crippen LogP contribution in [0.3, 0.4) is 0 Å². The van der Waals surface area contributed by atoms with Gasteiger partial charge in [0.1, 0.15) is 5.82 Å². The Morgan fingerprint density at radius 2 is 2.00 bits per heavy atom. The number of hydrogen-bond acceptors (Lipinski definition) is 3. The van der Waals surface area contributed by atoms with Crippen LogP contribution in [0, 0.1) is 17.7 Å². The molecular formula is C16H18FNO4. The molecule has 1 aliphatic carbocycles.